The van der Waals surface area contributed by atoms with Crippen molar-refractivity contribution < 1.29 is 4.42 Å². The molecule has 1 spiro atoms. The second-order valence-electron chi connectivity index (χ2n) is 15.9. The second-order valence-corrected chi connectivity index (χ2v) is 15.9. The summed E-state index contributed by atoms with van der Waals surface area (Å²) < 4.78 is 9.12. The highest BCUT2D eigenvalue weighted by Gasteiger charge is 2.52. The van der Waals surface area contributed by atoms with Crippen LogP contribution < -0.4 is 0 Å². The van der Waals surface area contributed by atoms with Crippen LogP contribution in [0.2, 0.25) is 0 Å². The fourth-order valence-electron chi connectivity index (χ4n) is 11.3. The minimum absolute atomic E-state index is 0.416. The Morgan fingerprint density at radius 1 is 0.368 bits per heavy atom. The van der Waals surface area contributed by atoms with Gasteiger partial charge in [-0.15, -0.1) is 0 Å². The third-order valence-electron chi connectivity index (χ3n) is 13.4. The molecule has 0 amide bonds. The van der Waals surface area contributed by atoms with Gasteiger partial charge in [-0.3, -0.25) is 0 Å². The van der Waals surface area contributed by atoms with Crippen molar-refractivity contribution in [3.05, 3.63) is 210 Å². The molecule has 2 aliphatic carbocycles. The van der Waals surface area contributed by atoms with Crippen LogP contribution in [0.25, 0.3) is 104 Å². The maximum Gasteiger partial charge on any atom is 0.136 e. The molecule has 0 unspecified atom stereocenters. The van der Waals surface area contributed by atoms with E-state index >= 15 is 0 Å². The number of para-hydroxylation sites is 1. The summed E-state index contributed by atoms with van der Waals surface area (Å²) in [6.45, 7) is 0. The quantitative estimate of drug-likeness (QED) is 0.163. The van der Waals surface area contributed by atoms with Gasteiger partial charge < -0.3 is 8.98 Å². The first-order chi connectivity index (χ1) is 28.3. The van der Waals surface area contributed by atoms with Gasteiger partial charge in [0.1, 0.15) is 11.2 Å². The molecule has 10 aromatic carbocycles. The summed E-state index contributed by atoms with van der Waals surface area (Å²) in [5.74, 6) is 0. The molecule has 0 saturated carbocycles. The summed E-state index contributed by atoms with van der Waals surface area (Å²) in [4.78, 5) is 0. The molecular weight excluding hydrogens is 691 g/mol. The minimum atomic E-state index is -0.416. The van der Waals surface area contributed by atoms with E-state index in [-0.39, 0.29) is 0 Å². The zero-order valence-electron chi connectivity index (χ0n) is 30.8. The molecule has 2 nitrogen and oxygen atoms in total. The van der Waals surface area contributed by atoms with Crippen LogP contribution in [0.3, 0.4) is 0 Å². The highest BCUT2D eigenvalue weighted by molar-refractivity contribution is 6.35. The molecule has 0 fully saturated rings. The highest BCUT2D eigenvalue weighted by atomic mass is 16.3. The Morgan fingerprint density at radius 3 is 1.82 bits per heavy atom. The zero-order valence-corrected chi connectivity index (χ0v) is 30.8. The van der Waals surface area contributed by atoms with Gasteiger partial charge in [0.25, 0.3) is 0 Å². The molecule has 12 aromatic rings. The van der Waals surface area contributed by atoms with Crippen LogP contribution in [0.15, 0.2) is 192 Å². The van der Waals surface area contributed by atoms with E-state index in [9.17, 15) is 0 Å². The molecule has 0 atom stereocenters. The summed E-state index contributed by atoms with van der Waals surface area (Å²) in [5.41, 5.74) is 18.2. The monoisotopic (exact) mass is 721 g/mol. The lowest BCUT2D eigenvalue weighted by atomic mass is 9.70. The number of furan rings is 1. The third kappa shape index (κ3) is 3.50. The first kappa shape index (κ1) is 29.9. The van der Waals surface area contributed by atoms with Crippen molar-refractivity contribution >= 4 is 65.3 Å². The Labute approximate surface area is 327 Å². The Hall–Kier alpha value is -7.42. The minimum Gasteiger partial charge on any atom is -0.456 e. The van der Waals surface area contributed by atoms with Crippen molar-refractivity contribution in [2.45, 2.75) is 5.41 Å². The molecule has 0 N–H and O–H groups in total. The van der Waals surface area contributed by atoms with Crippen LogP contribution in [-0.4, -0.2) is 4.57 Å². The molecule has 57 heavy (non-hydrogen) atoms. The standard InChI is InChI=1S/C55H31NO/c1-2-13-32(14-3-1)34-28-30-49-53-50(34)42-31-33(25-26-35(42)39-19-12-24-48(57-49)52(39)53)56-47-23-11-7-17-38(47)40-27-29-46-51(54(40)56)41-18-6-10-22-45(41)55(46)43-20-8-4-15-36(43)37-16-5-9-21-44(37)55/h1-31H. The Balaban J connectivity index is 1.15. The van der Waals surface area contributed by atoms with Crippen LogP contribution in [-0.2, 0) is 5.41 Å². The van der Waals surface area contributed by atoms with Gasteiger partial charge in [0, 0.05) is 38.2 Å². The van der Waals surface area contributed by atoms with Gasteiger partial charge in [-0.1, -0.05) is 158 Å². The van der Waals surface area contributed by atoms with Crippen LogP contribution in [0.5, 0.6) is 0 Å². The molecule has 14 rings (SSSR count). The summed E-state index contributed by atoms with van der Waals surface area (Å²) in [6.07, 6.45) is 0. The maximum atomic E-state index is 6.57. The van der Waals surface area contributed by atoms with Gasteiger partial charge >= 0.3 is 0 Å². The molecule has 0 aliphatic heterocycles. The van der Waals surface area contributed by atoms with E-state index in [0.29, 0.717) is 0 Å². The average Bonchev–Trinajstić information content (AvgIpc) is 4.00. The van der Waals surface area contributed by atoms with Crippen molar-refractivity contribution in [3.63, 3.8) is 0 Å². The first-order valence-electron chi connectivity index (χ1n) is 19.9. The molecule has 0 radical (unpaired) electrons. The van der Waals surface area contributed by atoms with Gasteiger partial charge in [-0.05, 0) is 96.6 Å². The number of hydrogen-bond acceptors (Lipinski definition) is 1. The van der Waals surface area contributed by atoms with E-state index in [1.807, 2.05) is 0 Å². The number of aromatic nitrogens is 1. The predicted molar refractivity (Wildman–Crippen MR) is 236 cm³/mol. The summed E-state index contributed by atoms with van der Waals surface area (Å²) in [5, 5.41) is 9.85. The fourth-order valence-corrected chi connectivity index (χ4v) is 11.3. The van der Waals surface area contributed by atoms with Gasteiger partial charge in [0.2, 0.25) is 0 Å². The molecule has 262 valence electrons. The normalized spacial score (nSPS) is 13.8. The molecular formula is C55H31NO. The van der Waals surface area contributed by atoms with Gasteiger partial charge in [-0.25, -0.2) is 0 Å². The number of rotatable bonds is 2. The van der Waals surface area contributed by atoms with Gasteiger partial charge in [0.15, 0.2) is 0 Å². The van der Waals surface area contributed by atoms with Crippen molar-refractivity contribution in [3.8, 4) is 39.1 Å². The Morgan fingerprint density at radius 2 is 1.02 bits per heavy atom. The molecule has 2 heteroatoms. The lowest BCUT2D eigenvalue weighted by Crippen LogP contribution is -2.25. The molecule has 0 saturated heterocycles. The molecule has 0 bridgehead atoms. The van der Waals surface area contributed by atoms with E-state index in [1.165, 1.54) is 110 Å². The predicted octanol–water partition coefficient (Wildman–Crippen LogP) is 14.4. The van der Waals surface area contributed by atoms with Crippen molar-refractivity contribution in [2.75, 3.05) is 0 Å². The second kappa shape index (κ2) is 10.5. The SMILES string of the molecule is c1ccc(-c2ccc3oc4cccc5c6ccc(-n7c8ccccc8c8ccc9c(c87)-c7ccccc7C97c8ccccc8-c8ccccc87)cc6c2c3c45)cc1. The van der Waals surface area contributed by atoms with Crippen molar-refractivity contribution in [2.24, 2.45) is 0 Å². The number of fused-ring (bicyclic) bond motifs is 17. The van der Waals surface area contributed by atoms with Crippen LogP contribution in [0.1, 0.15) is 22.3 Å². The smallest absolute Gasteiger partial charge is 0.136 e. The van der Waals surface area contributed by atoms with E-state index < -0.39 is 5.41 Å². The molecule has 2 aromatic heterocycles. The number of nitrogens with zero attached hydrogens (tertiary/aromatic N) is 1. The molecule has 2 heterocycles. The summed E-state index contributed by atoms with van der Waals surface area (Å²) in [7, 11) is 0. The highest BCUT2D eigenvalue weighted by Crippen LogP contribution is 2.64. The van der Waals surface area contributed by atoms with Crippen molar-refractivity contribution in [1.29, 1.82) is 0 Å². The summed E-state index contributed by atoms with van der Waals surface area (Å²) in [6, 6.07) is 69.9. The Bertz CT molecular complexity index is 3650. The van der Waals surface area contributed by atoms with E-state index in [4.69, 9.17) is 4.42 Å². The van der Waals surface area contributed by atoms with Crippen molar-refractivity contribution in [1.82, 2.24) is 4.57 Å². The number of hydrogen-bond donors (Lipinski definition) is 0. The fraction of sp³-hybridized carbons (Fsp3) is 0.0182. The lowest BCUT2D eigenvalue weighted by Gasteiger charge is -2.30. The Kier molecular flexibility index (Phi) is 5.48. The summed E-state index contributed by atoms with van der Waals surface area (Å²) >= 11 is 0. The molecule has 2 aliphatic rings. The third-order valence-corrected chi connectivity index (χ3v) is 13.4. The van der Waals surface area contributed by atoms with E-state index in [1.54, 1.807) is 0 Å². The maximum absolute atomic E-state index is 6.57. The zero-order chi connectivity index (χ0) is 37.0. The average molecular weight is 722 g/mol. The number of benzene rings is 10. The van der Waals surface area contributed by atoms with Gasteiger partial charge in [-0.2, -0.15) is 0 Å². The van der Waals surface area contributed by atoms with Gasteiger partial charge in [0.05, 0.1) is 16.4 Å². The largest absolute Gasteiger partial charge is 0.456 e. The topological polar surface area (TPSA) is 18.1 Å². The van der Waals surface area contributed by atoms with Crippen LogP contribution >= 0.6 is 0 Å². The van der Waals surface area contributed by atoms with Crippen LogP contribution in [0.4, 0.5) is 0 Å². The van der Waals surface area contributed by atoms with Crippen LogP contribution in [0, 0.1) is 0 Å². The first-order valence-corrected chi connectivity index (χ1v) is 19.9. The lowest BCUT2D eigenvalue weighted by molar-refractivity contribution is 0.669. The van der Waals surface area contributed by atoms with E-state index in [0.717, 1.165) is 16.9 Å². The van der Waals surface area contributed by atoms with E-state index in [2.05, 4.69) is 193 Å².